The number of anilines is 1. The molecule has 1 atom stereocenters. The largest absolute Gasteiger partial charge is 0.340 e. The molecular weight excluding hydrogens is 248 g/mol. The highest BCUT2D eigenvalue weighted by atomic mass is 15.3. The first-order valence-corrected chi connectivity index (χ1v) is 7.94. The van der Waals surface area contributed by atoms with E-state index in [0.29, 0.717) is 12.0 Å². The van der Waals surface area contributed by atoms with Crippen LogP contribution in [-0.2, 0) is 0 Å². The number of hydrogen-bond donors (Lipinski definition) is 1. The van der Waals surface area contributed by atoms with Crippen LogP contribution in [0, 0.1) is 6.92 Å². The van der Waals surface area contributed by atoms with Gasteiger partial charge in [-0.15, -0.1) is 0 Å². The third-order valence-electron chi connectivity index (χ3n) is 3.97. The lowest BCUT2D eigenvalue weighted by atomic mass is 10.0. The van der Waals surface area contributed by atoms with Gasteiger partial charge in [-0.25, -0.2) is 9.97 Å². The minimum absolute atomic E-state index is 0.446. The molecule has 1 aromatic heterocycles. The molecule has 1 saturated heterocycles. The molecule has 1 aromatic rings. The molecule has 1 aliphatic heterocycles. The summed E-state index contributed by atoms with van der Waals surface area (Å²) in [5, 5.41) is 3.61. The topological polar surface area (TPSA) is 41.0 Å². The SMILES string of the molecule is CCN(CC1CCCCN1)c1nc(C)cc(C(C)C)n1. The number of likely N-dealkylation sites (N-methyl/N-ethyl adjacent to an activating group) is 1. The van der Waals surface area contributed by atoms with Crippen molar-refractivity contribution in [3.63, 3.8) is 0 Å². The Hall–Kier alpha value is -1.16. The second-order valence-electron chi connectivity index (χ2n) is 6.07. The summed E-state index contributed by atoms with van der Waals surface area (Å²) >= 11 is 0. The summed E-state index contributed by atoms with van der Waals surface area (Å²) in [4.78, 5) is 11.7. The lowest BCUT2D eigenvalue weighted by Gasteiger charge is -2.30. The van der Waals surface area contributed by atoms with Crippen LogP contribution in [0.25, 0.3) is 0 Å². The van der Waals surface area contributed by atoms with Gasteiger partial charge in [-0.3, -0.25) is 0 Å². The highest BCUT2D eigenvalue weighted by Crippen LogP contribution is 2.18. The van der Waals surface area contributed by atoms with Gasteiger partial charge in [0.2, 0.25) is 5.95 Å². The van der Waals surface area contributed by atoms with Gasteiger partial charge < -0.3 is 10.2 Å². The lowest BCUT2D eigenvalue weighted by Crippen LogP contribution is -2.44. The Kier molecular flexibility index (Phi) is 5.35. The third kappa shape index (κ3) is 3.92. The third-order valence-corrected chi connectivity index (χ3v) is 3.97. The van der Waals surface area contributed by atoms with Crippen molar-refractivity contribution in [2.24, 2.45) is 0 Å². The van der Waals surface area contributed by atoms with Crippen LogP contribution in [0.2, 0.25) is 0 Å². The van der Waals surface area contributed by atoms with Gasteiger partial charge in [-0.2, -0.15) is 0 Å². The number of hydrogen-bond acceptors (Lipinski definition) is 4. The Balaban J connectivity index is 2.13. The first-order chi connectivity index (χ1) is 9.60. The predicted molar refractivity (Wildman–Crippen MR) is 84.4 cm³/mol. The van der Waals surface area contributed by atoms with Gasteiger partial charge in [0.1, 0.15) is 0 Å². The van der Waals surface area contributed by atoms with Crippen LogP contribution >= 0.6 is 0 Å². The van der Waals surface area contributed by atoms with E-state index in [0.717, 1.165) is 37.0 Å². The number of nitrogens with zero attached hydrogens (tertiary/aromatic N) is 3. The standard InChI is InChI=1S/C16H28N4/c1-5-20(11-14-8-6-7-9-17-14)16-18-13(4)10-15(19-16)12(2)3/h10,12,14,17H,5-9,11H2,1-4H3. The number of piperidine rings is 1. The molecule has 1 fully saturated rings. The van der Waals surface area contributed by atoms with Crippen molar-refractivity contribution in [2.45, 2.75) is 58.9 Å². The highest BCUT2D eigenvalue weighted by molar-refractivity contribution is 5.33. The number of aryl methyl sites for hydroxylation is 1. The Labute approximate surface area is 123 Å². The van der Waals surface area contributed by atoms with E-state index in [9.17, 15) is 0 Å². The van der Waals surface area contributed by atoms with Crippen LogP contribution in [0.5, 0.6) is 0 Å². The molecule has 4 heteroatoms. The van der Waals surface area contributed by atoms with Crippen molar-refractivity contribution >= 4 is 5.95 Å². The summed E-state index contributed by atoms with van der Waals surface area (Å²) in [6, 6.07) is 2.68. The van der Waals surface area contributed by atoms with Gasteiger partial charge in [0.15, 0.2) is 0 Å². The molecule has 2 rings (SSSR count). The van der Waals surface area contributed by atoms with Crippen LogP contribution in [0.3, 0.4) is 0 Å². The first kappa shape index (κ1) is 15.2. The van der Waals surface area contributed by atoms with E-state index < -0.39 is 0 Å². The second-order valence-corrected chi connectivity index (χ2v) is 6.07. The van der Waals surface area contributed by atoms with E-state index in [4.69, 9.17) is 4.98 Å². The fourth-order valence-corrected chi connectivity index (χ4v) is 2.71. The van der Waals surface area contributed by atoms with Gasteiger partial charge in [0, 0.05) is 30.5 Å². The molecule has 112 valence electrons. The van der Waals surface area contributed by atoms with Gasteiger partial charge in [-0.1, -0.05) is 20.3 Å². The van der Waals surface area contributed by atoms with Crippen molar-refractivity contribution in [1.82, 2.24) is 15.3 Å². The minimum Gasteiger partial charge on any atom is -0.340 e. The first-order valence-electron chi connectivity index (χ1n) is 7.94. The Bertz CT molecular complexity index is 424. The summed E-state index contributed by atoms with van der Waals surface area (Å²) in [5.74, 6) is 1.34. The zero-order valence-electron chi connectivity index (χ0n) is 13.3. The van der Waals surface area contributed by atoms with E-state index >= 15 is 0 Å². The molecule has 0 bridgehead atoms. The average Bonchev–Trinajstić information content (AvgIpc) is 2.45. The van der Waals surface area contributed by atoms with E-state index in [2.05, 4.69) is 49.0 Å². The van der Waals surface area contributed by atoms with E-state index in [-0.39, 0.29) is 0 Å². The maximum Gasteiger partial charge on any atom is 0.225 e. The zero-order valence-corrected chi connectivity index (χ0v) is 13.3. The summed E-state index contributed by atoms with van der Waals surface area (Å²) < 4.78 is 0. The molecular formula is C16H28N4. The van der Waals surface area contributed by atoms with Gasteiger partial charge in [0.25, 0.3) is 0 Å². The molecule has 20 heavy (non-hydrogen) atoms. The summed E-state index contributed by atoms with van der Waals surface area (Å²) in [6.07, 6.45) is 3.90. The van der Waals surface area contributed by atoms with Crippen LogP contribution in [0.15, 0.2) is 6.07 Å². The van der Waals surface area contributed by atoms with Gasteiger partial charge in [0.05, 0.1) is 0 Å². The smallest absolute Gasteiger partial charge is 0.225 e. The average molecular weight is 276 g/mol. The monoisotopic (exact) mass is 276 g/mol. The molecule has 4 nitrogen and oxygen atoms in total. The van der Waals surface area contributed by atoms with Crippen molar-refractivity contribution in [2.75, 3.05) is 24.5 Å². The number of nitrogens with one attached hydrogen (secondary N) is 1. The Morgan fingerprint density at radius 2 is 2.15 bits per heavy atom. The molecule has 1 N–H and O–H groups in total. The van der Waals surface area contributed by atoms with E-state index in [1.807, 2.05) is 0 Å². The number of rotatable bonds is 5. The molecule has 0 spiro atoms. The quantitative estimate of drug-likeness (QED) is 0.898. The van der Waals surface area contributed by atoms with Crippen molar-refractivity contribution < 1.29 is 0 Å². The summed E-state index contributed by atoms with van der Waals surface area (Å²) in [7, 11) is 0. The lowest BCUT2D eigenvalue weighted by molar-refractivity contribution is 0.399. The predicted octanol–water partition coefficient (Wildman–Crippen LogP) is 2.88. The molecule has 2 heterocycles. The number of aromatic nitrogens is 2. The molecule has 1 aliphatic rings. The molecule has 0 amide bonds. The Morgan fingerprint density at radius 1 is 1.35 bits per heavy atom. The Morgan fingerprint density at radius 3 is 2.75 bits per heavy atom. The van der Waals surface area contributed by atoms with Crippen LogP contribution < -0.4 is 10.2 Å². The molecule has 1 unspecified atom stereocenters. The molecule has 0 radical (unpaired) electrons. The highest BCUT2D eigenvalue weighted by Gasteiger charge is 2.18. The summed E-state index contributed by atoms with van der Waals surface area (Å²) in [5.41, 5.74) is 2.20. The van der Waals surface area contributed by atoms with Crippen molar-refractivity contribution in [3.8, 4) is 0 Å². The van der Waals surface area contributed by atoms with Gasteiger partial charge >= 0.3 is 0 Å². The van der Waals surface area contributed by atoms with Gasteiger partial charge in [-0.05, 0) is 45.2 Å². The maximum atomic E-state index is 4.76. The van der Waals surface area contributed by atoms with Crippen molar-refractivity contribution in [3.05, 3.63) is 17.5 Å². The fourth-order valence-electron chi connectivity index (χ4n) is 2.71. The second kappa shape index (κ2) is 7.02. The maximum absolute atomic E-state index is 4.76. The zero-order chi connectivity index (χ0) is 14.5. The van der Waals surface area contributed by atoms with Crippen LogP contribution in [-0.4, -0.2) is 35.6 Å². The molecule has 0 saturated carbocycles. The van der Waals surface area contributed by atoms with Crippen LogP contribution in [0.4, 0.5) is 5.95 Å². The molecule has 0 aliphatic carbocycles. The van der Waals surface area contributed by atoms with E-state index in [1.54, 1.807) is 0 Å². The molecule has 0 aromatic carbocycles. The normalized spacial score (nSPS) is 19.4. The van der Waals surface area contributed by atoms with Crippen LogP contribution in [0.1, 0.15) is 57.3 Å². The van der Waals surface area contributed by atoms with E-state index in [1.165, 1.54) is 19.3 Å². The van der Waals surface area contributed by atoms with Crippen molar-refractivity contribution in [1.29, 1.82) is 0 Å². The fraction of sp³-hybridized carbons (Fsp3) is 0.750. The summed E-state index contributed by atoms with van der Waals surface area (Å²) in [6.45, 7) is 11.7. The minimum atomic E-state index is 0.446.